The van der Waals surface area contributed by atoms with E-state index in [4.69, 9.17) is 4.98 Å². The summed E-state index contributed by atoms with van der Waals surface area (Å²) in [6.07, 6.45) is 6.32. The van der Waals surface area contributed by atoms with Gasteiger partial charge in [-0.05, 0) is 38.0 Å². The zero-order valence-corrected chi connectivity index (χ0v) is 13.7. The van der Waals surface area contributed by atoms with E-state index in [9.17, 15) is 0 Å². The van der Waals surface area contributed by atoms with Crippen LogP contribution in [-0.2, 0) is 0 Å². The standard InChI is InChI=1S/C17H28N4/c1-4-17(3)8-10-21(11-9-17)15-12-14(18-5-2)19-16(20-15)13-6-7-13/h12-13H,4-11H2,1-3H3,(H,18,19,20). The molecule has 4 nitrogen and oxygen atoms in total. The van der Waals surface area contributed by atoms with Crippen LogP contribution in [0.4, 0.5) is 11.6 Å². The molecular formula is C17H28N4. The van der Waals surface area contributed by atoms with Crippen molar-refractivity contribution in [3.05, 3.63) is 11.9 Å². The Balaban J connectivity index is 1.78. The first-order valence-electron chi connectivity index (χ1n) is 8.51. The number of aromatic nitrogens is 2. The zero-order valence-electron chi connectivity index (χ0n) is 13.7. The molecule has 1 saturated heterocycles. The normalized spacial score (nSPS) is 21.4. The maximum atomic E-state index is 4.85. The van der Waals surface area contributed by atoms with Crippen molar-refractivity contribution in [2.75, 3.05) is 29.9 Å². The second kappa shape index (κ2) is 5.82. The number of piperidine rings is 1. The van der Waals surface area contributed by atoms with Crippen molar-refractivity contribution >= 4 is 11.6 Å². The lowest BCUT2D eigenvalue weighted by Crippen LogP contribution is -2.39. The number of hydrogen-bond acceptors (Lipinski definition) is 4. The Labute approximate surface area is 128 Å². The van der Waals surface area contributed by atoms with Crippen LogP contribution in [0.15, 0.2) is 6.07 Å². The largest absolute Gasteiger partial charge is 0.370 e. The van der Waals surface area contributed by atoms with Crippen LogP contribution in [0, 0.1) is 5.41 Å². The van der Waals surface area contributed by atoms with E-state index in [2.05, 4.69) is 42.0 Å². The second-order valence-corrected chi connectivity index (χ2v) is 6.93. The number of rotatable bonds is 5. The van der Waals surface area contributed by atoms with Crippen molar-refractivity contribution in [2.24, 2.45) is 5.41 Å². The first-order valence-corrected chi connectivity index (χ1v) is 8.51. The molecule has 1 aromatic rings. The van der Waals surface area contributed by atoms with Gasteiger partial charge in [-0.25, -0.2) is 9.97 Å². The molecule has 0 radical (unpaired) electrons. The van der Waals surface area contributed by atoms with Gasteiger partial charge in [0.05, 0.1) is 0 Å². The first kappa shape index (κ1) is 14.6. The Hall–Kier alpha value is -1.32. The molecule has 1 saturated carbocycles. The Morgan fingerprint density at radius 3 is 2.52 bits per heavy atom. The van der Waals surface area contributed by atoms with Gasteiger partial charge in [-0.15, -0.1) is 0 Å². The molecule has 21 heavy (non-hydrogen) atoms. The maximum absolute atomic E-state index is 4.85. The molecule has 0 amide bonds. The summed E-state index contributed by atoms with van der Waals surface area (Å²) in [6.45, 7) is 10.0. The minimum Gasteiger partial charge on any atom is -0.370 e. The molecule has 0 aromatic carbocycles. The van der Waals surface area contributed by atoms with E-state index >= 15 is 0 Å². The SMILES string of the molecule is CCNc1cc(N2CCC(C)(CC)CC2)nc(C2CC2)n1. The summed E-state index contributed by atoms with van der Waals surface area (Å²) >= 11 is 0. The van der Waals surface area contributed by atoms with Gasteiger partial charge in [0.1, 0.15) is 17.5 Å². The predicted molar refractivity (Wildman–Crippen MR) is 88.0 cm³/mol. The second-order valence-electron chi connectivity index (χ2n) is 6.93. The lowest BCUT2D eigenvalue weighted by atomic mass is 9.78. The predicted octanol–water partition coefficient (Wildman–Crippen LogP) is 3.80. The quantitative estimate of drug-likeness (QED) is 0.894. The molecule has 2 aliphatic rings. The molecule has 0 bridgehead atoms. The van der Waals surface area contributed by atoms with Gasteiger partial charge in [0.2, 0.25) is 0 Å². The molecule has 116 valence electrons. The van der Waals surface area contributed by atoms with Crippen molar-refractivity contribution < 1.29 is 0 Å². The summed E-state index contributed by atoms with van der Waals surface area (Å²) in [7, 11) is 0. The van der Waals surface area contributed by atoms with Gasteiger partial charge in [0, 0.05) is 31.6 Å². The average molecular weight is 288 g/mol. The monoisotopic (exact) mass is 288 g/mol. The van der Waals surface area contributed by atoms with Gasteiger partial charge in [-0.3, -0.25) is 0 Å². The van der Waals surface area contributed by atoms with Crippen molar-refractivity contribution in [1.82, 2.24) is 9.97 Å². The zero-order chi connectivity index (χ0) is 14.9. The summed E-state index contributed by atoms with van der Waals surface area (Å²) in [5.41, 5.74) is 0.521. The minimum absolute atomic E-state index is 0.521. The Bertz CT molecular complexity index is 488. The van der Waals surface area contributed by atoms with E-state index in [1.807, 2.05) is 0 Å². The molecule has 1 aromatic heterocycles. The molecule has 2 heterocycles. The summed E-state index contributed by atoms with van der Waals surface area (Å²) in [4.78, 5) is 12.0. The highest BCUT2D eigenvalue weighted by atomic mass is 15.2. The van der Waals surface area contributed by atoms with Gasteiger partial charge in [-0.2, -0.15) is 0 Å². The van der Waals surface area contributed by atoms with E-state index in [-0.39, 0.29) is 0 Å². The van der Waals surface area contributed by atoms with E-state index in [0.717, 1.165) is 37.1 Å². The minimum atomic E-state index is 0.521. The molecule has 1 aliphatic carbocycles. The number of nitrogens with one attached hydrogen (secondary N) is 1. The number of anilines is 2. The summed E-state index contributed by atoms with van der Waals surface area (Å²) in [6, 6.07) is 2.13. The fourth-order valence-electron chi connectivity index (χ4n) is 3.04. The highest BCUT2D eigenvalue weighted by molar-refractivity contribution is 5.50. The summed E-state index contributed by atoms with van der Waals surface area (Å²) in [5.74, 6) is 3.77. The van der Waals surface area contributed by atoms with E-state index in [1.54, 1.807) is 0 Å². The smallest absolute Gasteiger partial charge is 0.136 e. The van der Waals surface area contributed by atoms with E-state index in [0.29, 0.717) is 11.3 Å². The van der Waals surface area contributed by atoms with Crippen LogP contribution in [0.3, 0.4) is 0 Å². The van der Waals surface area contributed by atoms with Gasteiger partial charge >= 0.3 is 0 Å². The van der Waals surface area contributed by atoms with Gasteiger partial charge in [0.15, 0.2) is 0 Å². The van der Waals surface area contributed by atoms with Crippen LogP contribution in [0.5, 0.6) is 0 Å². The van der Waals surface area contributed by atoms with Crippen molar-refractivity contribution in [3.8, 4) is 0 Å². The third kappa shape index (κ3) is 3.30. The summed E-state index contributed by atoms with van der Waals surface area (Å²) < 4.78 is 0. The third-order valence-corrected chi connectivity index (χ3v) is 5.18. The molecule has 2 fully saturated rings. The van der Waals surface area contributed by atoms with Crippen LogP contribution in [-0.4, -0.2) is 29.6 Å². The van der Waals surface area contributed by atoms with Crippen LogP contribution in [0.25, 0.3) is 0 Å². The molecule has 0 unspecified atom stereocenters. The highest BCUT2D eigenvalue weighted by Gasteiger charge is 2.31. The van der Waals surface area contributed by atoms with E-state index in [1.165, 1.54) is 32.1 Å². The lowest BCUT2D eigenvalue weighted by Gasteiger charge is -2.39. The van der Waals surface area contributed by atoms with Crippen molar-refractivity contribution in [2.45, 2.75) is 58.8 Å². The average Bonchev–Trinajstić information content (AvgIpc) is 3.33. The van der Waals surface area contributed by atoms with Gasteiger partial charge < -0.3 is 10.2 Å². The Kier molecular flexibility index (Phi) is 4.05. The van der Waals surface area contributed by atoms with Crippen LogP contribution in [0.1, 0.15) is 64.6 Å². The third-order valence-electron chi connectivity index (χ3n) is 5.18. The summed E-state index contributed by atoms with van der Waals surface area (Å²) in [5, 5.41) is 3.36. The molecule has 1 aliphatic heterocycles. The fraction of sp³-hybridized carbons (Fsp3) is 0.765. The molecule has 0 atom stereocenters. The van der Waals surface area contributed by atoms with Crippen molar-refractivity contribution in [3.63, 3.8) is 0 Å². The topological polar surface area (TPSA) is 41.0 Å². The van der Waals surface area contributed by atoms with Crippen LogP contribution in [0.2, 0.25) is 0 Å². The molecular weight excluding hydrogens is 260 g/mol. The molecule has 3 rings (SSSR count). The Morgan fingerprint density at radius 1 is 1.24 bits per heavy atom. The molecule has 0 spiro atoms. The van der Waals surface area contributed by atoms with Crippen LogP contribution < -0.4 is 10.2 Å². The number of hydrogen-bond donors (Lipinski definition) is 1. The first-order chi connectivity index (χ1) is 10.1. The number of nitrogens with zero attached hydrogens (tertiary/aromatic N) is 3. The highest BCUT2D eigenvalue weighted by Crippen LogP contribution is 2.40. The maximum Gasteiger partial charge on any atom is 0.136 e. The lowest BCUT2D eigenvalue weighted by molar-refractivity contribution is 0.237. The van der Waals surface area contributed by atoms with Gasteiger partial charge in [-0.1, -0.05) is 20.3 Å². The van der Waals surface area contributed by atoms with Crippen molar-refractivity contribution in [1.29, 1.82) is 0 Å². The van der Waals surface area contributed by atoms with Crippen LogP contribution >= 0.6 is 0 Å². The molecule has 1 N–H and O–H groups in total. The Morgan fingerprint density at radius 2 is 1.95 bits per heavy atom. The van der Waals surface area contributed by atoms with Gasteiger partial charge in [0.25, 0.3) is 0 Å². The fourth-order valence-corrected chi connectivity index (χ4v) is 3.04. The van der Waals surface area contributed by atoms with E-state index < -0.39 is 0 Å². The molecule has 4 heteroatoms.